The summed E-state index contributed by atoms with van der Waals surface area (Å²) in [6.07, 6.45) is 0.0964. The van der Waals surface area contributed by atoms with E-state index in [0.717, 1.165) is 17.3 Å². The lowest BCUT2D eigenvalue weighted by molar-refractivity contribution is -0.145. The number of benzene rings is 1. The zero-order chi connectivity index (χ0) is 12.0. The Hall–Kier alpha value is -1.36. The average Bonchev–Trinajstić information content (AvgIpc) is 2.20. The van der Waals surface area contributed by atoms with Gasteiger partial charge in [-0.3, -0.25) is 9.59 Å². The van der Waals surface area contributed by atoms with Crippen molar-refractivity contribution in [3.05, 3.63) is 29.8 Å². The van der Waals surface area contributed by atoms with Gasteiger partial charge in [-0.1, -0.05) is 34.1 Å². The van der Waals surface area contributed by atoms with Crippen LogP contribution >= 0.6 is 15.9 Å². The molecule has 0 unspecified atom stereocenters. The largest absolute Gasteiger partial charge is 0.481 e. The topological polar surface area (TPSA) is 63.6 Å². The Labute approximate surface area is 101 Å². The van der Waals surface area contributed by atoms with Crippen molar-refractivity contribution in [1.29, 1.82) is 0 Å². The monoisotopic (exact) mass is 286 g/mol. The summed E-state index contributed by atoms with van der Waals surface area (Å²) in [5.41, 5.74) is 0.873. The summed E-state index contributed by atoms with van der Waals surface area (Å²) >= 11 is 3.29. The van der Waals surface area contributed by atoms with Crippen molar-refractivity contribution in [3.63, 3.8) is 0 Å². The fourth-order valence-corrected chi connectivity index (χ4v) is 1.62. The van der Waals surface area contributed by atoms with E-state index in [9.17, 15) is 9.59 Å². The molecule has 0 atom stereocenters. The van der Waals surface area contributed by atoms with E-state index in [2.05, 4.69) is 15.9 Å². The molecule has 0 heterocycles. The third-order valence-corrected chi connectivity index (χ3v) is 2.25. The van der Waals surface area contributed by atoms with Crippen LogP contribution < -0.4 is 4.74 Å². The predicted octanol–water partition coefficient (Wildman–Crippen LogP) is 2.00. The number of esters is 1. The Morgan fingerprint density at radius 3 is 2.62 bits per heavy atom. The molecule has 1 aromatic carbocycles. The van der Waals surface area contributed by atoms with Crippen LogP contribution in [0.4, 0.5) is 0 Å². The zero-order valence-corrected chi connectivity index (χ0v) is 10.1. The smallest absolute Gasteiger partial charge is 0.322 e. The highest BCUT2D eigenvalue weighted by Crippen LogP contribution is 2.19. The fraction of sp³-hybridized carbons (Fsp3) is 0.273. The van der Waals surface area contributed by atoms with Gasteiger partial charge in [0.05, 0.1) is 0 Å². The second kappa shape index (κ2) is 6.27. The van der Waals surface area contributed by atoms with Crippen LogP contribution in [0.25, 0.3) is 0 Å². The first kappa shape index (κ1) is 12.7. The molecule has 4 nitrogen and oxygen atoms in total. The Morgan fingerprint density at radius 1 is 1.31 bits per heavy atom. The third-order valence-electron chi connectivity index (χ3n) is 1.86. The van der Waals surface area contributed by atoms with Gasteiger partial charge in [0.15, 0.2) is 0 Å². The number of rotatable bonds is 5. The van der Waals surface area contributed by atoms with Crippen LogP contribution in [-0.2, 0) is 16.0 Å². The van der Waals surface area contributed by atoms with Crippen LogP contribution in [0.15, 0.2) is 24.3 Å². The van der Waals surface area contributed by atoms with Gasteiger partial charge in [-0.25, -0.2) is 0 Å². The standard InChI is InChI=1S/C11H11BrO4/c12-6-5-8-3-1-2-4-9(8)16-11(15)7-10(13)14/h1-4H,5-7H2,(H,13,14). The van der Waals surface area contributed by atoms with Crippen molar-refractivity contribution in [2.45, 2.75) is 12.8 Å². The number of para-hydroxylation sites is 1. The maximum atomic E-state index is 11.2. The predicted molar refractivity (Wildman–Crippen MR) is 61.8 cm³/mol. The molecule has 5 heteroatoms. The average molecular weight is 287 g/mol. The Kier molecular flexibility index (Phi) is 4.98. The molecule has 0 saturated carbocycles. The minimum atomic E-state index is -1.19. The van der Waals surface area contributed by atoms with Gasteiger partial charge in [-0.2, -0.15) is 0 Å². The minimum Gasteiger partial charge on any atom is -0.481 e. The summed E-state index contributed by atoms with van der Waals surface area (Å²) < 4.78 is 4.97. The molecular weight excluding hydrogens is 276 g/mol. The number of aryl methyl sites for hydroxylation is 1. The van der Waals surface area contributed by atoms with E-state index in [1.807, 2.05) is 12.1 Å². The van der Waals surface area contributed by atoms with E-state index in [1.165, 1.54) is 0 Å². The Morgan fingerprint density at radius 2 is 2.00 bits per heavy atom. The second-order valence-electron chi connectivity index (χ2n) is 3.09. The maximum Gasteiger partial charge on any atom is 0.322 e. The molecule has 0 aliphatic carbocycles. The van der Waals surface area contributed by atoms with Gasteiger partial charge in [-0.15, -0.1) is 0 Å². The number of carbonyl (C=O) groups is 2. The molecule has 1 rings (SSSR count). The summed E-state index contributed by atoms with van der Waals surface area (Å²) in [7, 11) is 0. The van der Waals surface area contributed by atoms with E-state index in [4.69, 9.17) is 9.84 Å². The molecule has 0 bridgehead atoms. The van der Waals surface area contributed by atoms with Gasteiger partial charge < -0.3 is 9.84 Å². The molecule has 0 spiro atoms. The molecule has 0 fully saturated rings. The van der Waals surface area contributed by atoms with Crippen molar-refractivity contribution >= 4 is 27.9 Å². The van der Waals surface area contributed by atoms with Crippen LogP contribution in [0, 0.1) is 0 Å². The molecule has 16 heavy (non-hydrogen) atoms. The summed E-state index contributed by atoms with van der Waals surface area (Å²) in [6, 6.07) is 7.07. The summed E-state index contributed by atoms with van der Waals surface area (Å²) in [4.78, 5) is 21.5. The van der Waals surface area contributed by atoms with E-state index >= 15 is 0 Å². The molecule has 86 valence electrons. The van der Waals surface area contributed by atoms with Crippen molar-refractivity contribution < 1.29 is 19.4 Å². The zero-order valence-electron chi connectivity index (χ0n) is 8.48. The van der Waals surface area contributed by atoms with Gasteiger partial charge in [0.25, 0.3) is 0 Å². The van der Waals surface area contributed by atoms with E-state index in [-0.39, 0.29) is 0 Å². The number of hydrogen-bond donors (Lipinski definition) is 1. The highest BCUT2D eigenvalue weighted by molar-refractivity contribution is 9.09. The SMILES string of the molecule is O=C(O)CC(=O)Oc1ccccc1CCBr. The van der Waals surface area contributed by atoms with Crippen molar-refractivity contribution in [3.8, 4) is 5.75 Å². The Balaban J connectivity index is 2.72. The van der Waals surface area contributed by atoms with Crippen LogP contribution in [0.5, 0.6) is 5.75 Å². The first-order valence-corrected chi connectivity index (χ1v) is 5.82. The molecular formula is C11H11BrO4. The van der Waals surface area contributed by atoms with Crippen LogP contribution in [0.3, 0.4) is 0 Å². The van der Waals surface area contributed by atoms with Crippen LogP contribution in [0.2, 0.25) is 0 Å². The van der Waals surface area contributed by atoms with E-state index in [0.29, 0.717) is 5.75 Å². The quantitative estimate of drug-likeness (QED) is 0.389. The molecule has 1 aromatic rings. The normalized spacial score (nSPS) is 9.81. The van der Waals surface area contributed by atoms with Crippen molar-refractivity contribution in [2.75, 3.05) is 5.33 Å². The number of carboxylic acid groups (broad SMARTS) is 1. The minimum absolute atomic E-state index is 0.424. The molecule has 0 aromatic heterocycles. The number of carbonyl (C=O) groups excluding carboxylic acids is 1. The number of ether oxygens (including phenoxy) is 1. The molecule has 0 amide bonds. The van der Waals surface area contributed by atoms with Gasteiger partial charge in [0.1, 0.15) is 12.2 Å². The van der Waals surface area contributed by atoms with Gasteiger partial charge in [0.2, 0.25) is 0 Å². The van der Waals surface area contributed by atoms with E-state index in [1.54, 1.807) is 12.1 Å². The second-order valence-corrected chi connectivity index (χ2v) is 3.88. The number of halogens is 1. The number of aliphatic carboxylic acids is 1. The van der Waals surface area contributed by atoms with Crippen LogP contribution in [-0.4, -0.2) is 22.4 Å². The summed E-state index contributed by atoms with van der Waals surface area (Å²) in [6.45, 7) is 0. The number of hydrogen-bond acceptors (Lipinski definition) is 3. The lowest BCUT2D eigenvalue weighted by Crippen LogP contribution is -2.14. The Bertz CT molecular complexity index is 389. The first-order valence-electron chi connectivity index (χ1n) is 4.70. The maximum absolute atomic E-state index is 11.2. The van der Waals surface area contributed by atoms with Gasteiger partial charge in [-0.05, 0) is 18.1 Å². The van der Waals surface area contributed by atoms with Crippen molar-refractivity contribution in [1.82, 2.24) is 0 Å². The molecule has 0 radical (unpaired) electrons. The van der Waals surface area contributed by atoms with Crippen LogP contribution in [0.1, 0.15) is 12.0 Å². The summed E-state index contributed by atoms with van der Waals surface area (Å²) in [5, 5.41) is 9.18. The third kappa shape index (κ3) is 4.02. The van der Waals surface area contributed by atoms with Gasteiger partial charge >= 0.3 is 11.9 Å². The number of alkyl halides is 1. The lowest BCUT2D eigenvalue weighted by Gasteiger charge is -2.07. The first-order chi connectivity index (χ1) is 7.63. The molecule has 0 aliphatic heterocycles. The highest BCUT2D eigenvalue weighted by atomic mass is 79.9. The number of carboxylic acids is 1. The van der Waals surface area contributed by atoms with E-state index < -0.39 is 18.4 Å². The van der Waals surface area contributed by atoms with Crippen molar-refractivity contribution in [2.24, 2.45) is 0 Å². The molecule has 0 saturated heterocycles. The molecule has 0 aliphatic rings. The lowest BCUT2D eigenvalue weighted by atomic mass is 10.1. The molecule has 1 N–H and O–H groups in total. The van der Waals surface area contributed by atoms with Gasteiger partial charge in [0, 0.05) is 5.33 Å². The summed E-state index contributed by atoms with van der Waals surface area (Å²) in [5.74, 6) is -1.52. The fourth-order valence-electron chi connectivity index (χ4n) is 1.19. The highest BCUT2D eigenvalue weighted by Gasteiger charge is 2.12.